The van der Waals surface area contributed by atoms with Crippen LogP contribution in [0.2, 0.25) is 0 Å². The molecule has 0 radical (unpaired) electrons. The number of benzene rings is 2. The van der Waals surface area contributed by atoms with E-state index in [0.29, 0.717) is 18.9 Å². The molecule has 6 rings (SSSR count). The molecule has 0 saturated heterocycles. The number of carboxylic acid groups (broad SMARTS) is 1. The van der Waals surface area contributed by atoms with Gasteiger partial charge in [-0.05, 0) is 36.4 Å². The highest BCUT2D eigenvalue weighted by atomic mass is 79.9. The number of hydrogen-bond acceptors (Lipinski definition) is 7. The van der Waals surface area contributed by atoms with Gasteiger partial charge in [0, 0.05) is 46.6 Å². The summed E-state index contributed by atoms with van der Waals surface area (Å²) < 4.78 is 15.8. The second kappa shape index (κ2) is 12.5. The van der Waals surface area contributed by atoms with Crippen LogP contribution in [-0.2, 0) is 14.1 Å². The maximum atomic E-state index is 12.1. The minimum atomic E-state index is -0.949. The molecule has 13 heteroatoms. The summed E-state index contributed by atoms with van der Waals surface area (Å²) in [6.45, 7) is 1.06. The van der Waals surface area contributed by atoms with Crippen LogP contribution in [0.4, 0.5) is 0 Å². The van der Waals surface area contributed by atoms with Crippen molar-refractivity contribution in [3.05, 3.63) is 92.4 Å². The van der Waals surface area contributed by atoms with Crippen molar-refractivity contribution in [1.29, 1.82) is 0 Å². The molecule has 4 N–H and O–H groups in total. The molecule has 11 nitrogen and oxygen atoms in total. The fourth-order valence-electron chi connectivity index (χ4n) is 3.92. The van der Waals surface area contributed by atoms with E-state index in [0.717, 1.165) is 31.6 Å². The zero-order valence-corrected chi connectivity index (χ0v) is 24.2. The van der Waals surface area contributed by atoms with Crippen LogP contribution < -0.4 is 20.5 Å². The normalized spacial score (nSPS) is 16.3. The van der Waals surface area contributed by atoms with E-state index in [1.165, 1.54) is 16.9 Å². The van der Waals surface area contributed by atoms with E-state index in [1.807, 2.05) is 36.4 Å². The Balaban J connectivity index is 0.000000149. The van der Waals surface area contributed by atoms with Crippen molar-refractivity contribution >= 4 is 43.7 Å². The van der Waals surface area contributed by atoms with E-state index in [4.69, 9.17) is 20.3 Å². The molecule has 4 heterocycles. The third-order valence-corrected chi connectivity index (χ3v) is 6.94. The third kappa shape index (κ3) is 6.85. The molecule has 39 heavy (non-hydrogen) atoms. The second-order valence-electron chi connectivity index (χ2n) is 8.60. The number of halogens is 2. The summed E-state index contributed by atoms with van der Waals surface area (Å²) in [6.07, 6.45) is 3.05. The van der Waals surface area contributed by atoms with Gasteiger partial charge in [-0.1, -0.05) is 44.0 Å². The Bertz CT molecular complexity index is 1490. The number of hydrogen-bond donors (Lipinski definition) is 3. The Morgan fingerprint density at radius 1 is 0.897 bits per heavy atom. The quantitative estimate of drug-likeness (QED) is 0.299. The molecular formula is C26H26Br2N6O5. The average molecular weight is 662 g/mol. The molecule has 1 amide bonds. The van der Waals surface area contributed by atoms with Gasteiger partial charge in [-0.3, -0.25) is 14.2 Å². The third-order valence-electron chi connectivity index (χ3n) is 5.95. The fourth-order valence-corrected chi connectivity index (χ4v) is 4.60. The van der Waals surface area contributed by atoms with Crippen LogP contribution in [0, 0.1) is 0 Å². The Morgan fingerprint density at radius 3 is 1.97 bits per heavy atom. The number of nitrogens with one attached hydrogen (secondary N) is 1. The zero-order valence-electron chi connectivity index (χ0n) is 21.0. The molecule has 2 atom stereocenters. The first kappa shape index (κ1) is 28.3. The lowest BCUT2D eigenvalue weighted by molar-refractivity contribution is 0.0684. The van der Waals surface area contributed by atoms with Gasteiger partial charge in [0.05, 0.1) is 12.1 Å². The molecule has 0 saturated carbocycles. The fraction of sp³-hybridized carbons (Fsp3) is 0.231. The number of rotatable bonds is 3. The van der Waals surface area contributed by atoms with Crippen molar-refractivity contribution in [1.82, 2.24) is 24.9 Å². The van der Waals surface area contributed by atoms with E-state index in [2.05, 4.69) is 47.4 Å². The van der Waals surface area contributed by atoms with Crippen molar-refractivity contribution < 1.29 is 24.2 Å². The Kier molecular flexibility index (Phi) is 9.04. The molecule has 0 aliphatic carbocycles. The van der Waals surface area contributed by atoms with Gasteiger partial charge in [0.15, 0.2) is 0 Å². The number of ether oxygens (including phenoxy) is 2. The summed E-state index contributed by atoms with van der Waals surface area (Å²) in [5.74, 6) is 0.621. The topological polar surface area (TPSA) is 147 Å². The van der Waals surface area contributed by atoms with Crippen LogP contribution in [0.3, 0.4) is 0 Å². The minimum absolute atomic E-state index is 0.0538. The number of fused-ring (bicyclic) bond motifs is 2. The van der Waals surface area contributed by atoms with Crippen LogP contribution in [0.15, 0.2) is 69.9 Å². The highest BCUT2D eigenvalue weighted by Crippen LogP contribution is 2.35. The molecule has 2 unspecified atom stereocenters. The number of nitrogens with zero attached hydrogens (tertiary/aromatic N) is 4. The largest absolute Gasteiger partial charge is 0.491 e. The van der Waals surface area contributed by atoms with Crippen molar-refractivity contribution in [2.45, 2.75) is 12.1 Å². The molecule has 2 aromatic heterocycles. The lowest BCUT2D eigenvalue weighted by Gasteiger charge is -2.11. The predicted octanol–water partition coefficient (Wildman–Crippen LogP) is 4.01. The van der Waals surface area contributed by atoms with Gasteiger partial charge in [0.25, 0.3) is 5.91 Å². The van der Waals surface area contributed by atoms with Gasteiger partial charge in [0.1, 0.15) is 36.1 Å². The van der Waals surface area contributed by atoms with Crippen LogP contribution in [0.5, 0.6) is 11.5 Å². The first-order valence-electron chi connectivity index (χ1n) is 11.7. The summed E-state index contributed by atoms with van der Waals surface area (Å²) in [6, 6.07) is 14.8. The molecular weight excluding hydrogens is 636 g/mol. The molecule has 2 aliphatic rings. The van der Waals surface area contributed by atoms with Crippen LogP contribution >= 0.6 is 31.9 Å². The lowest BCUT2D eigenvalue weighted by atomic mass is 10.1. The second-order valence-corrected chi connectivity index (χ2v) is 10.4. The van der Waals surface area contributed by atoms with E-state index >= 15 is 0 Å². The van der Waals surface area contributed by atoms with Gasteiger partial charge >= 0.3 is 5.97 Å². The minimum Gasteiger partial charge on any atom is -0.491 e. The van der Waals surface area contributed by atoms with Crippen molar-refractivity contribution in [3.63, 3.8) is 0 Å². The van der Waals surface area contributed by atoms with E-state index in [1.54, 1.807) is 31.0 Å². The van der Waals surface area contributed by atoms with Gasteiger partial charge in [-0.25, -0.2) is 4.79 Å². The molecule has 2 aromatic carbocycles. The molecule has 0 spiro atoms. The van der Waals surface area contributed by atoms with E-state index < -0.39 is 5.97 Å². The van der Waals surface area contributed by atoms with Crippen molar-refractivity contribution in [2.75, 3.05) is 13.2 Å². The zero-order chi connectivity index (χ0) is 28.1. The number of carboxylic acids is 1. The monoisotopic (exact) mass is 660 g/mol. The maximum Gasteiger partial charge on any atom is 0.354 e. The first-order valence-corrected chi connectivity index (χ1v) is 13.3. The smallest absolute Gasteiger partial charge is 0.354 e. The number of carbonyl (C=O) groups is 2. The van der Waals surface area contributed by atoms with Gasteiger partial charge in [-0.15, -0.1) is 0 Å². The number of amides is 1. The van der Waals surface area contributed by atoms with Gasteiger partial charge in [0.2, 0.25) is 0 Å². The number of nitrogens with two attached hydrogens (primary N) is 1. The van der Waals surface area contributed by atoms with Gasteiger partial charge in [-0.2, -0.15) is 10.2 Å². The lowest BCUT2D eigenvalue weighted by Crippen LogP contribution is -2.30. The van der Waals surface area contributed by atoms with E-state index in [-0.39, 0.29) is 23.7 Å². The Morgan fingerprint density at radius 2 is 1.44 bits per heavy atom. The van der Waals surface area contributed by atoms with Crippen molar-refractivity contribution in [3.8, 4) is 11.5 Å². The maximum absolute atomic E-state index is 12.1. The highest BCUT2D eigenvalue weighted by molar-refractivity contribution is 9.10. The summed E-state index contributed by atoms with van der Waals surface area (Å²) in [5.41, 5.74) is 8.60. The number of aromatic nitrogens is 4. The van der Waals surface area contributed by atoms with Crippen LogP contribution in [-0.4, -0.2) is 49.8 Å². The molecule has 0 bridgehead atoms. The molecule has 4 aromatic rings. The Hall–Kier alpha value is -3.68. The first-order chi connectivity index (χ1) is 18.6. The molecule has 204 valence electrons. The van der Waals surface area contributed by atoms with Crippen molar-refractivity contribution in [2.24, 2.45) is 19.8 Å². The Labute approximate surface area is 241 Å². The predicted molar refractivity (Wildman–Crippen MR) is 150 cm³/mol. The van der Waals surface area contributed by atoms with Gasteiger partial charge < -0.3 is 25.6 Å². The highest BCUT2D eigenvalue weighted by Gasteiger charge is 2.26. The SMILES string of the molecule is Cn1nccc1C(=O)NC1COc2cc(Br)ccc21.Cn1nccc1C(=O)O.NC1COc2cc(Br)ccc21. The standard InChI is InChI=1S/C13H12BrN3O2.C8H8BrNO.C5H6N2O2/c1-17-11(4-5-15-17)13(18)16-10-7-19-12-6-8(14)2-3-9(10)12;9-5-1-2-6-7(10)4-11-8(6)3-5;1-7-4(5(8)9)2-3-6-7/h2-6,10H,7H2,1H3,(H,16,18);1-3,7H,4,10H2;2-3H,1H3,(H,8,9). The van der Waals surface area contributed by atoms with E-state index in [9.17, 15) is 9.59 Å². The number of aryl methyl sites for hydroxylation is 2. The molecule has 0 fully saturated rings. The summed E-state index contributed by atoms with van der Waals surface area (Å²) in [7, 11) is 3.33. The van der Waals surface area contributed by atoms with Crippen LogP contribution in [0.1, 0.15) is 44.2 Å². The molecule has 2 aliphatic heterocycles. The summed E-state index contributed by atoms with van der Waals surface area (Å²) >= 11 is 6.76. The average Bonchev–Trinajstić information content (AvgIpc) is 3.68. The summed E-state index contributed by atoms with van der Waals surface area (Å²) in [5, 5.41) is 19.0. The summed E-state index contributed by atoms with van der Waals surface area (Å²) in [4.78, 5) is 22.3. The number of aromatic carboxylic acids is 1. The number of carbonyl (C=O) groups excluding carboxylic acids is 1. The van der Waals surface area contributed by atoms with Crippen LogP contribution in [0.25, 0.3) is 0 Å².